The van der Waals surface area contributed by atoms with Crippen molar-refractivity contribution in [3.63, 3.8) is 0 Å². The normalized spacial score (nSPS) is 10.3. The van der Waals surface area contributed by atoms with Crippen LogP contribution in [0.5, 0.6) is 0 Å². The Kier molecular flexibility index (Phi) is 4.27. The Morgan fingerprint density at radius 1 is 1.24 bits per heavy atom. The Bertz CT molecular complexity index is 722. The fourth-order valence-corrected chi connectivity index (χ4v) is 2.01. The fourth-order valence-electron chi connectivity index (χ4n) is 2.01. The van der Waals surface area contributed by atoms with Gasteiger partial charge in [-0.3, -0.25) is 9.59 Å². The standard InChI is InChI=1S/C15H18N4O2/c1-2-7-19-9-11(4-6-14(19)20)18-15(21)12-5-3-10(16)8-13(12)17/h3-6,8-9H,2,7,16-17H2,1H3,(H,18,21). The second-order valence-corrected chi connectivity index (χ2v) is 4.75. The summed E-state index contributed by atoms with van der Waals surface area (Å²) in [5.41, 5.74) is 13.0. The zero-order chi connectivity index (χ0) is 15.4. The predicted octanol–water partition coefficient (Wildman–Crippen LogP) is 1.67. The second-order valence-electron chi connectivity index (χ2n) is 4.75. The van der Waals surface area contributed by atoms with E-state index in [1.54, 1.807) is 29.0 Å². The first-order chi connectivity index (χ1) is 10.0. The first kappa shape index (κ1) is 14.6. The third-order valence-corrected chi connectivity index (χ3v) is 3.03. The van der Waals surface area contributed by atoms with Crippen molar-refractivity contribution in [2.45, 2.75) is 19.9 Å². The molecule has 0 aliphatic rings. The SMILES string of the molecule is CCCn1cc(NC(=O)c2ccc(N)cc2N)ccc1=O. The van der Waals surface area contributed by atoms with E-state index in [2.05, 4.69) is 5.32 Å². The molecule has 0 fully saturated rings. The second kappa shape index (κ2) is 6.13. The van der Waals surface area contributed by atoms with Gasteiger partial charge in [-0.25, -0.2) is 0 Å². The molecule has 5 N–H and O–H groups in total. The lowest BCUT2D eigenvalue weighted by Gasteiger charge is -2.10. The van der Waals surface area contributed by atoms with E-state index in [0.717, 1.165) is 6.42 Å². The van der Waals surface area contributed by atoms with Gasteiger partial charge in [0.2, 0.25) is 0 Å². The largest absolute Gasteiger partial charge is 0.399 e. The van der Waals surface area contributed by atoms with Crippen molar-refractivity contribution in [2.24, 2.45) is 0 Å². The highest BCUT2D eigenvalue weighted by Gasteiger charge is 2.10. The Balaban J connectivity index is 2.23. The Hall–Kier alpha value is -2.76. The highest BCUT2D eigenvalue weighted by molar-refractivity contribution is 6.07. The molecule has 0 saturated carbocycles. The van der Waals surface area contributed by atoms with Crippen LogP contribution in [0.25, 0.3) is 0 Å². The van der Waals surface area contributed by atoms with Gasteiger partial charge in [0, 0.05) is 30.2 Å². The molecule has 0 aliphatic heterocycles. The van der Waals surface area contributed by atoms with Crippen LogP contribution >= 0.6 is 0 Å². The maximum Gasteiger partial charge on any atom is 0.257 e. The van der Waals surface area contributed by atoms with Crippen molar-refractivity contribution in [1.82, 2.24) is 4.57 Å². The molecule has 0 saturated heterocycles. The maximum atomic E-state index is 12.2. The van der Waals surface area contributed by atoms with Crippen molar-refractivity contribution >= 4 is 23.0 Å². The number of rotatable bonds is 4. The molecule has 0 atom stereocenters. The van der Waals surface area contributed by atoms with Crippen LogP contribution in [0.2, 0.25) is 0 Å². The lowest BCUT2D eigenvalue weighted by molar-refractivity contribution is 0.102. The molecule has 0 unspecified atom stereocenters. The molecule has 1 aromatic carbocycles. The highest BCUT2D eigenvalue weighted by Crippen LogP contribution is 2.17. The third kappa shape index (κ3) is 3.42. The van der Waals surface area contributed by atoms with Gasteiger partial charge < -0.3 is 21.4 Å². The Labute approximate surface area is 122 Å². The predicted molar refractivity (Wildman–Crippen MR) is 84.2 cm³/mol. The minimum Gasteiger partial charge on any atom is -0.399 e. The van der Waals surface area contributed by atoms with Crippen LogP contribution in [0.4, 0.5) is 17.1 Å². The Morgan fingerprint density at radius 3 is 2.67 bits per heavy atom. The van der Waals surface area contributed by atoms with Crippen LogP contribution in [-0.4, -0.2) is 10.5 Å². The number of anilines is 3. The molecule has 0 bridgehead atoms. The number of amides is 1. The molecule has 1 amide bonds. The lowest BCUT2D eigenvalue weighted by Crippen LogP contribution is -2.21. The van der Waals surface area contributed by atoms with Gasteiger partial charge in [-0.1, -0.05) is 6.92 Å². The van der Waals surface area contributed by atoms with Crippen LogP contribution < -0.4 is 22.3 Å². The van der Waals surface area contributed by atoms with Crippen LogP contribution in [0.3, 0.4) is 0 Å². The quantitative estimate of drug-likeness (QED) is 0.744. The first-order valence-corrected chi connectivity index (χ1v) is 6.68. The number of aromatic nitrogens is 1. The average molecular weight is 286 g/mol. The number of hydrogen-bond donors (Lipinski definition) is 3. The number of nitrogens with one attached hydrogen (secondary N) is 1. The zero-order valence-corrected chi connectivity index (χ0v) is 11.8. The molecule has 6 nitrogen and oxygen atoms in total. The van der Waals surface area contributed by atoms with Crippen molar-refractivity contribution in [3.05, 3.63) is 52.4 Å². The van der Waals surface area contributed by atoms with E-state index in [1.165, 1.54) is 12.1 Å². The molecule has 0 radical (unpaired) electrons. The number of carbonyl (C=O) groups excluding carboxylic acids is 1. The highest BCUT2D eigenvalue weighted by atomic mass is 16.1. The monoisotopic (exact) mass is 286 g/mol. The minimum atomic E-state index is -0.339. The third-order valence-electron chi connectivity index (χ3n) is 3.03. The number of pyridine rings is 1. The molecule has 1 aromatic heterocycles. The van der Waals surface area contributed by atoms with Crippen molar-refractivity contribution in [1.29, 1.82) is 0 Å². The summed E-state index contributed by atoms with van der Waals surface area (Å²) in [6.07, 6.45) is 2.46. The van der Waals surface area contributed by atoms with E-state index >= 15 is 0 Å². The molecular weight excluding hydrogens is 268 g/mol. The molecule has 0 aliphatic carbocycles. The van der Waals surface area contributed by atoms with E-state index in [4.69, 9.17) is 11.5 Å². The minimum absolute atomic E-state index is 0.0955. The van der Waals surface area contributed by atoms with Crippen LogP contribution in [-0.2, 0) is 6.54 Å². The first-order valence-electron chi connectivity index (χ1n) is 6.68. The zero-order valence-electron chi connectivity index (χ0n) is 11.8. The van der Waals surface area contributed by atoms with Gasteiger partial charge in [-0.05, 0) is 30.7 Å². The maximum absolute atomic E-state index is 12.2. The number of carbonyl (C=O) groups is 1. The van der Waals surface area contributed by atoms with E-state index in [-0.39, 0.29) is 11.5 Å². The van der Waals surface area contributed by atoms with Gasteiger partial charge in [0.25, 0.3) is 11.5 Å². The van der Waals surface area contributed by atoms with Gasteiger partial charge in [0.15, 0.2) is 0 Å². The molecule has 1 heterocycles. The van der Waals surface area contributed by atoms with Gasteiger partial charge in [-0.15, -0.1) is 0 Å². The number of benzene rings is 1. The van der Waals surface area contributed by atoms with E-state index in [1.807, 2.05) is 6.92 Å². The molecular formula is C15H18N4O2. The van der Waals surface area contributed by atoms with Crippen LogP contribution in [0.15, 0.2) is 41.3 Å². The van der Waals surface area contributed by atoms with E-state index in [9.17, 15) is 9.59 Å². The summed E-state index contributed by atoms with van der Waals surface area (Å²) < 4.78 is 1.56. The van der Waals surface area contributed by atoms with Gasteiger partial charge >= 0.3 is 0 Å². The summed E-state index contributed by atoms with van der Waals surface area (Å²) in [6, 6.07) is 7.72. The van der Waals surface area contributed by atoms with Gasteiger partial charge in [0.05, 0.1) is 11.3 Å². The molecule has 0 spiro atoms. The molecule has 6 heteroatoms. The van der Waals surface area contributed by atoms with Crippen LogP contribution in [0.1, 0.15) is 23.7 Å². The number of nitrogens with two attached hydrogens (primary N) is 2. The number of nitrogens with zero attached hydrogens (tertiary/aromatic N) is 1. The average Bonchev–Trinajstić information content (AvgIpc) is 2.42. The molecule has 21 heavy (non-hydrogen) atoms. The summed E-state index contributed by atoms with van der Waals surface area (Å²) >= 11 is 0. The molecule has 110 valence electrons. The summed E-state index contributed by atoms with van der Waals surface area (Å²) in [5, 5.41) is 2.73. The fraction of sp³-hybridized carbons (Fsp3) is 0.200. The van der Waals surface area contributed by atoms with E-state index in [0.29, 0.717) is 29.2 Å². The van der Waals surface area contributed by atoms with E-state index < -0.39 is 0 Å². The Morgan fingerprint density at radius 2 is 2.00 bits per heavy atom. The summed E-state index contributed by atoms with van der Waals surface area (Å²) in [7, 11) is 0. The molecule has 2 rings (SSSR count). The number of nitrogen functional groups attached to an aromatic ring is 2. The summed E-state index contributed by atoms with van der Waals surface area (Å²) in [5.74, 6) is -0.339. The lowest BCUT2D eigenvalue weighted by atomic mass is 10.1. The number of aryl methyl sites for hydroxylation is 1. The van der Waals surface area contributed by atoms with Gasteiger partial charge in [0.1, 0.15) is 0 Å². The van der Waals surface area contributed by atoms with Crippen LogP contribution in [0, 0.1) is 0 Å². The smallest absolute Gasteiger partial charge is 0.257 e. The summed E-state index contributed by atoms with van der Waals surface area (Å²) in [4.78, 5) is 23.8. The van der Waals surface area contributed by atoms with Crippen molar-refractivity contribution < 1.29 is 4.79 Å². The van der Waals surface area contributed by atoms with Crippen molar-refractivity contribution in [2.75, 3.05) is 16.8 Å². The topological polar surface area (TPSA) is 103 Å². The summed E-state index contributed by atoms with van der Waals surface area (Å²) in [6.45, 7) is 2.58. The molecule has 2 aromatic rings. The van der Waals surface area contributed by atoms with Gasteiger partial charge in [-0.2, -0.15) is 0 Å². The van der Waals surface area contributed by atoms with Crippen molar-refractivity contribution in [3.8, 4) is 0 Å². The number of hydrogen-bond acceptors (Lipinski definition) is 4.